The number of likely N-dealkylation sites (N-methyl/N-ethyl adjacent to an activating group) is 2. The minimum Gasteiger partial charge on any atom is -0.367 e. The first kappa shape index (κ1) is 23.9. The molecule has 0 amide bonds. The van der Waals surface area contributed by atoms with Crippen molar-refractivity contribution in [3.05, 3.63) is 40.8 Å². The molecule has 35 heavy (non-hydrogen) atoms. The molecule has 2 N–H and O–H groups in total. The van der Waals surface area contributed by atoms with E-state index < -0.39 is 0 Å². The van der Waals surface area contributed by atoms with E-state index in [9.17, 15) is 4.79 Å². The van der Waals surface area contributed by atoms with Gasteiger partial charge in [0.2, 0.25) is 0 Å². The lowest BCUT2D eigenvalue weighted by molar-refractivity contribution is 0.150. The molecule has 2 fully saturated rings. The summed E-state index contributed by atoms with van der Waals surface area (Å²) in [7, 11) is 4.32. The largest absolute Gasteiger partial charge is 0.367 e. The van der Waals surface area contributed by atoms with Crippen LogP contribution in [0, 0.1) is 0 Å². The van der Waals surface area contributed by atoms with Crippen LogP contribution in [0.3, 0.4) is 0 Å². The van der Waals surface area contributed by atoms with E-state index in [1.54, 1.807) is 4.57 Å². The van der Waals surface area contributed by atoms with Gasteiger partial charge in [0, 0.05) is 84.1 Å². The van der Waals surface area contributed by atoms with Crippen LogP contribution in [-0.2, 0) is 6.54 Å². The first-order chi connectivity index (χ1) is 17.1. The van der Waals surface area contributed by atoms with Gasteiger partial charge in [-0.2, -0.15) is 0 Å². The molecule has 0 aliphatic carbocycles. The third-order valence-corrected chi connectivity index (χ3v) is 7.21. The van der Waals surface area contributed by atoms with Crippen molar-refractivity contribution >= 4 is 17.0 Å². The minimum absolute atomic E-state index is 0.129. The summed E-state index contributed by atoms with van der Waals surface area (Å²) in [6.45, 7) is 11.7. The molecule has 0 radical (unpaired) electrons. The molecular formula is C25H37N9O. The lowest BCUT2D eigenvalue weighted by atomic mass is 10.2. The standard InChI is InChI=1S/C25H37N9O/c1-30-10-14-32(15-11-30)9-8-26-23-21-24(29-22(28-23)20-6-4-3-5-7-20)34(25(35)27-21)19-18-33-16-12-31(2)13-17-33/h3-7H,8-19H2,1-2H3,(H,27,35)(H,26,28,29). The number of piperazine rings is 2. The number of anilines is 1. The zero-order chi connectivity index (χ0) is 24.2. The molecule has 10 nitrogen and oxygen atoms in total. The number of aromatic amines is 1. The maximum atomic E-state index is 13.0. The van der Waals surface area contributed by atoms with Crippen molar-refractivity contribution in [3.63, 3.8) is 0 Å². The van der Waals surface area contributed by atoms with Gasteiger partial charge in [0.1, 0.15) is 5.52 Å². The molecule has 3 aromatic rings. The molecule has 2 aliphatic heterocycles. The van der Waals surface area contributed by atoms with Gasteiger partial charge in [-0.25, -0.2) is 14.8 Å². The molecule has 0 saturated carbocycles. The number of benzene rings is 1. The number of H-pyrrole nitrogens is 1. The number of nitrogens with one attached hydrogen (secondary N) is 2. The number of aromatic nitrogens is 4. The molecule has 2 aromatic heterocycles. The Morgan fingerprint density at radius 2 is 1.46 bits per heavy atom. The Balaban J connectivity index is 1.38. The number of hydrogen-bond donors (Lipinski definition) is 2. The average Bonchev–Trinajstić information content (AvgIpc) is 3.20. The van der Waals surface area contributed by atoms with Crippen molar-refractivity contribution in [1.29, 1.82) is 0 Å². The van der Waals surface area contributed by atoms with Gasteiger partial charge >= 0.3 is 5.69 Å². The Hall–Kier alpha value is -2.79. The van der Waals surface area contributed by atoms with E-state index in [2.05, 4.69) is 44.0 Å². The fourth-order valence-corrected chi connectivity index (χ4v) is 4.80. The molecule has 2 aliphatic rings. The molecule has 2 saturated heterocycles. The second-order valence-electron chi connectivity index (χ2n) is 9.76. The number of fused-ring (bicyclic) bond motifs is 1. The number of rotatable bonds is 8. The van der Waals surface area contributed by atoms with Gasteiger partial charge in [-0.3, -0.25) is 14.4 Å². The van der Waals surface area contributed by atoms with Crippen LogP contribution in [0.2, 0.25) is 0 Å². The number of hydrogen-bond acceptors (Lipinski definition) is 8. The Kier molecular flexibility index (Phi) is 7.43. The topological polar surface area (TPSA) is 88.6 Å². The van der Waals surface area contributed by atoms with Crippen molar-refractivity contribution in [2.45, 2.75) is 6.54 Å². The van der Waals surface area contributed by atoms with E-state index in [0.717, 1.165) is 77.6 Å². The van der Waals surface area contributed by atoms with E-state index in [4.69, 9.17) is 9.97 Å². The fraction of sp³-hybridized carbons (Fsp3) is 0.560. The maximum absolute atomic E-state index is 13.0. The summed E-state index contributed by atoms with van der Waals surface area (Å²) >= 11 is 0. The van der Waals surface area contributed by atoms with Crippen LogP contribution in [0.5, 0.6) is 0 Å². The Bertz CT molecular complexity index is 1160. The second-order valence-corrected chi connectivity index (χ2v) is 9.76. The third-order valence-electron chi connectivity index (χ3n) is 7.21. The van der Waals surface area contributed by atoms with Gasteiger partial charge in [0.25, 0.3) is 0 Å². The van der Waals surface area contributed by atoms with Crippen LogP contribution in [-0.4, -0.2) is 125 Å². The van der Waals surface area contributed by atoms with Crippen molar-refractivity contribution in [3.8, 4) is 11.4 Å². The molecule has 5 rings (SSSR count). The summed E-state index contributed by atoms with van der Waals surface area (Å²) in [6.07, 6.45) is 0. The average molecular weight is 480 g/mol. The van der Waals surface area contributed by atoms with Gasteiger partial charge in [-0.1, -0.05) is 30.3 Å². The smallest absolute Gasteiger partial charge is 0.327 e. The first-order valence-electron chi connectivity index (χ1n) is 12.7. The highest BCUT2D eigenvalue weighted by atomic mass is 16.1. The first-order valence-corrected chi connectivity index (χ1v) is 12.7. The summed E-state index contributed by atoms with van der Waals surface area (Å²) in [5.74, 6) is 1.32. The molecule has 1 aromatic carbocycles. The fourth-order valence-electron chi connectivity index (χ4n) is 4.80. The van der Waals surface area contributed by atoms with Gasteiger partial charge in [-0.05, 0) is 14.1 Å². The highest BCUT2D eigenvalue weighted by molar-refractivity contribution is 5.85. The number of imidazole rings is 1. The molecule has 188 valence electrons. The minimum atomic E-state index is -0.129. The van der Waals surface area contributed by atoms with E-state index in [-0.39, 0.29) is 5.69 Å². The van der Waals surface area contributed by atoms with E-state index in [1.807, 2.05) is 30.3 Å². The third kappa shape index (κ3) is 5.72. The van der Waals surface area contributed by atoms with Crippen LogP contribution < -0.4 is 11.0 Å². The lowest BCUT2D eigenvalue weighted by Crippen LogP contribution is -2.45. The van der Waals surface area contributed by atoms with Crippen molar-refractivity contribution in [2.75, 3.05) is 91.4 Å². The Morgan fingerprint density at radius 3 is 2.11 bits per heavy atom. The van der Waals surface area contributed by atoms with Crippen LogP contribution >= 0.6 is 0 Å². The quantitative estimate of drug-likeness (QED) is 0.488. The summed E-state index contributed by atoms with van der Waals surface area (Å²) in [5.41, 5.74) is 2.16. The lowest BCUT2D eigenvalue weighted by Gasteiger charge is -2.32. The van der Waals surface area contributed by atoms with Crippen molar-refractivity contribution in [1.82, 2.24) is 39.1 Å². The maximum Gasteiger partial charge on any atom is 0.327 e. The van der Waals surface area contributed by atoms with E-state index in [0.29, 0.717) is 29.4 Å². The summed E-state index contributed by atoms with van der Waals surface area (Å²) < 4.78 is 1.77. The zero-order valence-corrected chi connectivity index (χ0v) is 20.9. The molecule has 4 heterocycles. The predicted molar refractivity (Wildman–Crippen MR) is 140 cm³/mol. The zero-order valence-electron chi connectivity index (χ0n) is 20.9. The summed E-state index contributed by atoms with van der Waals surface area (Å²) in [4.78, 5) is 35.3. The number of nitrogens with zero attached hydrogens (tertiary/aromatic N) is 7. The second kappa shape index (κ2) is 10.9. The Labute approximate surface area is 206 Å². The van der Waals surface area contributed by atoms with Crippen molar-refractivity contribution in [2.24, 2.45) is 0 Å². The van der Waals surface area contributed by atoms with E-state index in [1.165, 1.54) is 0 Å². The van der Waals surface area contributed by atoms with Crippen molar-refractivity contribution < 1.29 is 0 Å². The van der Waals surface area contributed by atoms with Gasteiger partial charge < -0.3 is 20.1 Å². The molecular weight excluding hydrogens is 442 g/mol. The van der Waals surface area contributed by atoms with Crippen LogP contribution in [0.15, 0.2) is 35.1 Å². The molecule has 0 bridgehead atoms. The van der Waals surface area contributed by atoms with E-state index >= 15 is 0 Å². The summed E-state index contributed by atoms with van der Waals surface area (Å²) in [5, 5.41) is 3.50. The molecule has 10 heteroatoms. The highest BCUT2D eigenvalue weighted by Gasteiger charge is 2.19. The monoisotopic (exact) mass is 479 g/mol. The van der Waals surface area contributed by atoms with Gasteiger partial charge in [0.05, 0.1) is 0 Å². The van der Waals surface area contributed by atoms with Crippen LogP contribution in [0.4, 0.5) is 5.82 Å². The Morgan fingerprint density at radius 1 is 0.829 bits per heavy atom. The van der Waals surface area contributed by atoms with Crippen LogP contribution in [0.25, 0.3) is 22.6 Å². The highest BCUT2D eigenvalue weighted by Crippen LogP contribution is 2.23. The molecule has 0 spiro atoms. The summed E-state index contributed by atoms with van der Waals surface area (Å²) in [6, 6.07) is 9.98. The normalized spacial score (nSPS) is 18.9. The van der Waals surface area contributed by atoms with Gasteiger partial charge in [0.15, 0.2) is 17.3 Å². The predicted octanol–water partition coefficient (Wildman–Crippen LogP) is 0.693. The molecule has 0 unspecified atom stereocenters. The van der Waals surface area contributed by atoms with Gasteiger partial charge in [-0.15, -0.1) is 0 Å². The van der Waals surface area contributed by atoms with Crippen LogP contribution in [0.1, 0.15) is 0 Å². The molecule has 0 atom stereocenters. The SMILES string of the molecule is CN1CCN(CCNc2nc(-c3ccccc3)nc3c2[nH]c(=O)n3CCN2CCN(C)CC2)CC1.